The Morgan fingerprint density at radius 2 is 0.625 bits per heavy atom. The van der Waals surface area contributed by atoms with Crippen molar-refractivity contribution in [1.29, 1.82) is 0 Å². The monoisotopic (exact) mass is 128 g/mol. The van der Waals surface area contributed by atoms with Crippen LogP contribution in [-0.2, 0) is 0 Å². The van der Waals surface area contributed by atoms with Crippen molar-refractivity contribution >= 4 is 0 Å². The van der Waals surface area contributed by atoms with Crippen molar-refractivity contribution in [2.75, 3.05) is 28.2 Å². The lowest BCUT2D eigenvalue weighted by Crippen LogP contribution is -2.27. The molecule has 56 valence electrons. The van der Waals surface area contributed by atoms with E-state index in [-0.39, 0.29) is 16.4 Å². The SMILES string of the molecule is C[N+](C)(C)C.O.O.O. The molecule has 0 bridgehead atoms. The normalized spacial score (nSPS) is 7.50. The smallest absolute Gasteiger partial charge is 0.0675 e. The van der Waals surface area contributed by atoms with Gasteiger partial charge in [-0.25, -0.2) is 0 Å². The highest BCUT2D eigenvalue weighted by atomic mass is 16.0. The first-order chi connectivity index (χ1) is 2.00. The third-order valence-electron chi connectivity index (χ3n) is 0. The van der Waals surface area contributed by atoms with E-state index in [1.54, 1.807) is 0 Å². The minimum atomic E-state index is 0. The van der Waals surface area contributed by atoms with Gasteiger partial charge < -0.3 is 20.9 Å². The van der Waals surface area contributed by atoms with Crippen LogP contribution in [0.5, 0.6) is 0 Å². The summed E-state index contributed by atoms with van der Waals surface area (Å²) in [5.74, 6) is 0. The lowest BCUT2D eigenvalue weighted by atomic mass is 10.8. The number of rotatable bonds is 0. The molecule has 0 aromatic carbocycles. The summed E-state index contributed by atoms with van der Waals surface area (Å²) in [6.45, 7) is 0. The molecule has 8 heavy (non-hydrogen) atoms. The first kappa shape index (κ1) is 24.9. The second kappa shape index (κ2) is 6.84. The van der Waals surface area contributed by atoms with Crippen LogP contribution in [0.1, 0.15) is 0 Å². The van der Waals surface area contributed by atoms with Crippen molar-refractivity contribution in [3.63, 3.8) is 0 Å². The second-order valence-corrected chi connectivity index (χ2v) is 2.68. The largest absolute Gasteiger partial charge is 0.412 e. The Balaban J connectivity index is -0.0000000267. The molecule has 0 amide bonds. The molecular weight excluding hydrogens is 110 g/mol. The van der Waals surface area contributed by atoms with Gasteiger partial charge in [0, 0.05) is 0 Å². The van der Waals surface area contributed by atoms with E-state index in [4.69, 9.17) is 0 Å². The zero-order valence-electron chi connectivity index (χ0n) is 5.95. The molecule has 0 saturated heterocycles. The van der Waals surface area contributed by atoms with Gasteiger partial charge in [0.25, 0.3) is 0 Å². The van der Waals surface area contributed by atoms with Crippen molar-refractivity contribution in [2.24, 2.45) is 0 Å². The summed E-state index contributed by atoms with van der Waals surface area (Å²) in [4.78, 5) is 0. The minimum absolute atomic E-state index is 0. The van der Waals surface area contributed by atoms with E-state index < -0.39 is 0 Å². The Bertz CT molecular complexity index is 26.8. The van der Waals surface area contributed by atoms with Gasteiger partial charge in [0.1, 0.15) is 0 Å². The molecule has 4 nitrogen and oxygen atoms in total. The third-order valence-corrected chi connectivity index (χ3v) is 0. The summed E-state index contributed by atoms with van der Waals surface area (Å²) >= 11 is 0. The first-order valence-corrected chi connectivity index (χ1v) is 1.79. The molecule has 0 spiro atoms. The molecule has 4 heteroatoms. The molecule has 6 N–H and O–H groups in total. The summed E-state index contributed by atoms with van der Waals surface area (Å²) in [5.41, 5.74) is 0. The third kappa shape index (κ3) is 5340. The number of hydrogen-bond donors (Lipinski definition) is 0. The maximum Gasteiger partial charge on any atom is 0.0675 e. The molecule has 0 radical (unpaired) electrons. The van der Waals surface area contributed by atoms with Gasteiger partial charge in [-0.3, -0.25) is 0 Å². The van der Waals surface area contributed by atoms with Gasteiger partial charge in [-0.05, 0) is 0 Å². The van der Waals surface area contributed by atoms with E-state index in [0.29, 0.717) is 0 Å². The van der Waals surface area contributed by atoms with E-state index in [0.717, 1.165) is 4.48 Å². The van der Waals surface area contributed by atoms with Gasteiger partial charge >= 0.3 is 0 Å². The van der Waals surface area contributed by atoms with Crippen LogP contribution in [0.3, 0.4) is 0 Å². The molecule has 0 rings (SSSR count). The minimum Gasteiger partial charge on any atom is -0.412 e. The summed E-state index contributed by atoms with van der Waals surface area (Å²) in [7, 11) is 8.50. The highest BCUT2D eigenvalue weighted by Gasteiger charge is 1.88. The Kier molecular flexibility index (Phi) is 21.3. The standard InChI is InChI=1S/C4H12N.3H2O/c1-5(2,3)4;;;/h1-4H3;3*1H2/q+1;;;. The van der Waals surface area contributed by atoms with E-state index in [9.17, 15) is 0 Å². The molecule has 0 unspecified atom stereocenters. The Hall–Kier alpha value is -0.160. The molecule has 0 heterocycles. The lowest BCUT2D eigenvalue weighted by Gasteiger charge is -2.14. The summed E-state index contributed by atoms with van der Waals surface area (Å²) in [6.07, 6.45) is 0. The summed E-state index contributed by atoms with van der Waals surface area (Å²) in [6, 6.07) is 0. The molecule has 0 aliphatic heterocycles. The Morgan fingerprint density at radius 1 is 0.625 bits per heavy atom. The van der Waals surface area contributed by atoms with Crippen LogP contribution in [0.15, 0.2) is 0 Å². The number of nitrogens with zero attached hydrogens (tertiary/aromatic N) is 1. The van der Waals surface area contributed by atoms with Crippen molar-refractivity contribution < 1.29 is 20.9 Å². The Morgan fingerprint density at radius 3 is 0.625 bits per heavy atom. The van der Waals surface area contributed by atoms with Gasteiger partial charge in [0.05, 0.1) is 28.2 Å². The molecular formula is C4H18NO3+. The molecule has 0 aliphatic rings. The fourth-order valence-electron chi connectivity index (χ4n) is 0. The maximum absolute atomic E-state index is 2.12. The zero-order chi connectivity index (χ0) is 4.50. The highest BCUT2D eigenvalue weighted by molar-refractivity contribution is 3.87. The van der Waals surface area contributed by atoms with Crippen LogP contribution < -0.4 is 0 Å². The van der Waals surface area contributed by atoms with Crippen LogP contribution in [0, 0.1) is 0 Å². The molecule has 0 fully saturated rings. The van der Waals surface area contributed by atoms with Crippen molar-refractivity contribution in [3.05, 3.63) is 0 Å². The van der Waals surface area contributed by atoms with Gasteiger partial charge in [-0.1, -0.05) is 0 Å². The number of quaternary nitrogens is 1. The predicted molar refractivity (Wildman–Crippen MR) is 34.8 cm³/mol. The van der Waals surface area contributed by atoms with E-state index in [1.807, 2.05) is 0 Å². The predicted octanol–water partition coefficient (Wildman–Crippen LogP) is -2.15. The van der Waals surface area contributed by atoms with Crippen molar-refractivity contribution in [3.8, 4) is 0 Å². The Labute approximate surface area is 50.2 Å². The maximum atomic E-state index is 2.12. The second-order valence-electron chi connectivity index (χ2n) is 2.68. The van der Waals surface area contributed by atoms with Gasteiger partial charge in [-0.15, -0.1) is 0 Å². The van der Waals surface area contributed by atoms with E-state index >= 15 is 0 Å². The fraction of sp³-hybridized carbons (Fsp3) is 1.00. The zero-order valence-corrected chi connectivity index (χ0v) is 5.95. The van der Waals surface area contributed by atoms with Gasteiger partial charge in [-0.2, -0.15) is 0 Å². The fourth-order valence-corrected chi connectivity index (χ4v) is 0. The van der Waals surface area contributed by atoms with Crippen LogP contribution in [-0.4, -0.2) is 49.1 Å². The molecule has 0 aromatic rings. The van der Waals surface area contributed by atoms with Crippen molar-refractivity contribution in [1.82, 2.24) is 0 Å². The topological polar surface area (TPSA) is 94.5 Å². The van der Waals surface area contributed by atoms with E-state index in [1.165, 1.54) is 0 Å². The lowest BCUT2D eigenvalue weighted by molar-refractivity contribution is -0.849. The summed E-state index contributed by atoms with van der Waals surface area (Å²) < 4.78 is 1.00. The van der Waals surface area contributed by atoms with Crippen LogP contribution in [0.2, 0.25) is 0 Å². The van der Waals surface area contributed by atoms with Crippen LogP contribution in [0.4, 0.5) is 0 Å². The van der Waals surface area contributed by atoms with Crippen LogP contribution in [0.25, 0.3) is 0 Å². The highest BCUT2D eigenvalue weighted by Crippen LogP contribution is 1.73. The average Bonchev–Trinajstić information content (AvgIpc) is 0.722. The first-order valence-electron chi connectivity index (χ1n) is 1.79. The molecule has 0 atom stereocenters. The molecule has 0 aliphatic carbocycles. The molecule has 0 aromatic heterocycles. The number of hydrogen-bond acceptors (Lipinski definition) is 0. The van der Waals surface area contributed by atoms with Gasteiger partial charge in [0.2, 0.25) is 0 Å². The van der Waals surface area contributed by atoms with E-state index in [2.05, 4.69) is 28.2 Å². The van der Waals surface area contributed by atoms with Crippen LogP contribution >= 0.6 is 0 Å². The van der Waals surface area contributed by atoms with Crippen molar-refractivity contribution in [2.45, 2.75) is 0 Å². The molecule has 0 saturated carbocycles. The van der Waals surface area contributed by atoms with Gasteiger partial charge in [0.15, 0.2) is 0 Å². The average molecular weight is 128 g/mol. The quantitative estimate of drug-likeness (QED) is 0.332. The summed E-state index contributed by atoms with van der Waals surface area (Å²) in [5, 5.41) is 0.